The van der Waals surface area contributed by atoms with Gasteiger partial charge < -0.3 is 14.2 Å². The van der Waals surface area contributed by atoms with Crippen LogP contribution in [-0.2, 0) is 4.74 Å². The van der Waals surface area contributed by atoms with Gasteiger partial charge in [-0.25, -0.2) is 9.59 Å². The highest BCUT2D eigenvalue weighted by atomic mass is 19.4. The summed E-state index contributed by atoms with van der Waals surface area (Å²) in [5.74, 6) is -1.47. The fourth-order valence-corrected chi connectivity index (χ4v) is 2.19. The van der Waals surface area contributed by atoms with Gasteiger partial charge in [0, 0.05) is 0 Å². The Kier molecular flexibility index (Phi) is 5.54. The van der Waals surface area contributed by atoms with Crippen LogP contribution in [0.4, 0.5) is 13.2 Å². The van der Waals surface area contributed by atoms with Gasteiger partial charge in [0.05, 0.1) is 18.2 Å². The van der Waals surface area contributed by atoms with Gasteiger partial charge >= 0.3 is 18.3 Å². The number of rotatable bonds is 4. The Balaban J connectivity index is 2.17. The summed E-state index contributed by atoms with van der Waals surface area (Å²) in [5, 5.41) is 0. The topological polar surface area (TPSA) is 61.8 Å². The number of halogens is 3. The monoisotopic (exact) mass is 368 g/mol. The minimum absolute atomic E-state index is 0.0496. The molecular weight excluding hydrogens is 353 g/mol. The Bertz CT molecular complexity index is 826. The predicted molar refractivity (Wildman–Crippen MR) is 85.3 cm³/mol. The number of esters is 2. The molecule has 0 N–H and O–H groups in total. The molecule has 0 heterocycles. The van der Waals surface area contributed by atoms with Crippen LogP contribution in [0.15, 0.2) is 36.4 Å². The van der Waals surface area contributed by atoms with Gasteiger partial charge in [-0.1, -0.05) is 0 Å². The van der Waals surface area contributed by atoms with Crippen LogP contribution in [0.1, 0.15) is 31.8 Å². The maximum absolute atomic E-state index is 12.2. The number of alkyl halides is 3. The maximum atomic E-state index is 12.2. The van der Waals surface area contributed by atoms with Crippen molar-refractivity contribution >= 4 is 11.9 Å². The van der Waals surface area contributed by atoms with E-state index in [1.165, 1.54) is 19.2 Å². The Hall–Kier alpha value is -3.03. The second kappa shape index (κ2) is 7.47. The minimum Gasteiger partial charge on any atom is -0.465 e. The van der Waals surface area contributed by atoms with E-state index in [1.807, 2.05) is 0 Å². The average molecular weight is 368 g/mol. The molecule has 0 aromatic heterocycles. The molecule has 0 aliphatic carbocycles. The first-order chi connectivity index (χ1) is 12.1. The third-order valence-corrected chi connectivity index (χ3v) is 3.67. The first kappa shape index (κ1) is 19.3. The van der Waals surface area contributed by atoms with Gasteiger partial charge in [-0.2, -0.15) is 0 Å². The Labute approximate surface area is 147 Å². The van der Waals surface area contributed by atoms with Gasteiger partial charge in [-0.3, -0.25) is 0 Å². The van der Waals surface area contributed by atoms with Crippen LogP contribution < -0.4 is 9.47 Å². The standard InChI is InChI=1S/C18H15F3O5/c1-10-11(2)15(9-8-14(10)17(23)24-3)25-16(22)12-4-6-13(7-5-12)26-18(19,20)21/h4-9H,1-3H3. The van der Waals surface area contributed by atoms with Gasteiger partial charge in [-0.05, 0) is 61.4 Å². The number of methoxy groups -OCH3 is 1. The molecule has 0 unspecified atom stereocenters. The zero-order chi connectivity index (χ0) is 19.5. The van der Waals surface area contributed by atoms with Crippen molar-refractivity contribution in [3.8, 4) is 11.5 Å². The Morgan fingerprint density at radius 3 is 2.04 bits per heavy atom. The summed E-state index contributed by atoms with van der Waals surface area (Å²) in [5.41, 5.74) is 1.56. The zero-order valence-corrected chi connectivity index (χ0v) is 14.1. The first-order valence-electron chi connectivity index (χ1n) is 7.39. The molecule has 0 saturated carbocycles. The summed E-state index contributed by atoms with van der Waals surface area (Å²) in [6, 6.07) is 7.28. The van der Waals surface area contributed by atoms with Crippen molar-refractivity contribution in [1.29, 1.82) is 0 Å². The molecule has 0 aliphatic rings. The van der Waals surface area contributed by atoms with Gasteiger partial charge in [0.15, 0.2) is 0 Å². The molecule has 2 aromatic carbocycles. The van der Waals surface area contributed by atoms with Crippen molar-refractivity contribution in [3.63, 3.8) is 0 Å². The smallest absolute Gasteiger partial charge is 0.465 e. The highest BCUT2D eigenvalue weighted by molar-refractivity contribution is 5.93. The predicted octanol–water partition coefficient (Wildman–Crippen LogP) is 4.21. The number of hydrogen-bond acceptors (Lipinski definition) is 5. The van der Waals surface area contributed by atoms with E-state index in [4.69, 9.17) is 4.74 Å². The Morgan fingerprint density at radius 1 is 0.885 bits per heavy atom. The molecule has 0 bridgehead atoms. The van der Waals surface area contributed by atoms with Crippen LogP contribution in [0.3, 0.4) is 0 Å². The van der Waals surface area contributed by atoms with Crippen LogP contribution in [-0.4, -0.2) is 25.4 Å². The van der Waals surface area contributed by atoms with Crippen LogP contribution in [0.5, 0.6) is 11.5 Å². The lowest BCUT2D eigenvalue weighted by Crippen LogP contribution is -2.17. The fourth-order valence-electron chi connectivity index (χ4n) is 2.19. The number of carbonyl (C=O) groups is 2. The van der Waals surface area contributed by atoms with Crippen LogP contribution >= 0.6 is 0 Å². The average Bonchev–Trinajstić information content (AvgIpc) is 2.57. The van der Waals surface area contributed by atoms with Crippen molar-refractivity contribution in [1.82, 2.24) is 0 Å². The van der Waals surface area contributed by atoms with Crippen LogP contribution in [0.2, 0.25) is 0 Å². The summed E-state index contributed by atoms with van der Waals surface area (Å²) >= 11 is 0. The van der Waals surface area contributed by atoms with E-state index < -0.39 is 24.1 Å². The van der Waals surface area contributed by atoms with Crippen molar-refractivity contribution in [2.45, 2.75) is 20.2 Å². The van der Waals surface area contributed by atoms with E-state index in [2.05, 4.69) is 9.47 Å². The van der Waals surface area contributed by atoms with Gasteiger partial charge in [-0.15, -0.1) is 13.2 Å². The fraction of sp³-hybridized carbons (Fsp3) is 0.222. The normalized spacial score (nSPS) is 11.0. The number of benzene rings is 2. The quantitative estimate of drug-likeness (QED) is 0.598. The summed E-state index contributed by atoms with van der Waals surface area (Å²) in [4.78, 5) is 23.8. The SMILES string of the molecule is COC(=O)c1ccc(OC(=O)c2ccc(OC(F)(F)F)cc2)c(C)c1C. The van der Waals surface area contributed by atoms with Crippen molar-refractivity contribution in [2.75, 3.05) is 7.11 Å². The van der Waals surface area contributed by atoms with Gasteiger partial charge in [0.1, 0.15) is 11.5 Å². The maximum Gasteiger partial charge on any atom is 0.573 e. The van der Waals surface area contributed by atoms with Crippen molar-refractivity contribution in [2.24, 2.45) is 0 Å². The molecule has 5 nitrogen and oxygen atoms in total. The van der Waals surface area contributed by atoms with Gasteiger partial charge in [0.25, 0.3) is 0 Å². The minimum atomic E-state index is -4.81. The van der Waals surface area contributed by atoms with Crippen LogP contribution in [0.25, 0.3) is 0 Å². The van der Waals surface area contributed by atoms with E-state index >= 15 is 0 Å². The number of carbonyl (C=O) groups excluding carboxylic acids is 2. The van der Waals surface area contributed by atoms with E-state index in [9.17, 15) is 22.8 Å². The van der Waals surface area contributed by atoms with Gasteiger partial charge in [0.2, 0.25) is 0 Å². The molecule has 0 atom stereocenters. The lowest BCUT2D eigenvalue weighted by atomic mass is 10.0. The lowest BCUT2D eigenvalue weighted by molar-refractivity contribution is -0.274. The molecule has 8 heteroatoms. The van der Waals surface area contributed by atoms with E-state index in [-0.39, 0.29) is 11.3 Å². The molecule has 0 fully saturated rings. The highest BCUT2D eigenvalue weighted by Crippen LogP contribution is 2.26. The van der Waals surface area contributed by atoms with E-state index in [0.29, 0.717) is 16.7 Å². The first-order valence-corrected chi connectivity index (χ1v) is 7.39. The lowest BCUT2D eigenvalue weighted by Gasteiger charge is -2.13. The largest absolute Gasteiger partial charge is 0.573 e. The Morgan fingerprint density at radius 2 is 1.50 bits per heavy atom. The molecule has 26 heavy (non-hydrogen) atoms. The molecule has 2 aromatic rings. The highest BCUT2D eigenvalue weighted by Gasteiger charge is 2.31. The van der Waals surface area contributed by atoms with E-state index in [1.54, 1.807) is 13.8 Å². The molecule has 138 valence electrons. The molecule has 0 amide bonds. The molecule has 0 radical (unpaired) electrons. The molecule has 0 aliphatic heterocycles. The molecule has 0 saturated heterocycles. The summed E-state index contributed by atoms with van der Waals surface area (Å²) in [6.45, 7) is 3.35. The number of hydrogen-bond donors (Lipinski definition) is 0. The second-order valence-corrected chi connectivity index (χ2v) is 5.31. The number of ether oxygens (including phenoxy) is 3. The van der Waals surface area contributed by atoms with Crippen molar-refractivity contribution < 1.29 is 37.0 Å². The molecular formula is C18H15F3O5. The summed E-state index contributed by atoms with van der Waals surface area (Å²) < 4.78 is 50.1. The third kappa shape index (κ3) is 4.53. The summed E-state index contributed by atoms with van der Waals surface area (Å²) in [6.07, 6.45) is -4.81. The zero-order valence-electron chi connectivity index (χ0n) is 14.1. The molecule has 0 spiro atoms. The van der Waals surface area contributed by atoms with Crippen molar-refractivity contribution in [3.05, 3.63) is 58.7 Å². The van der Waals surface area contributed by atoms with E-state index in [0.717, 1.165) is 24.3 Å². The third-order valence-electron chi connectivity index (χ3n) is 3.67. The van der Waals surface area contributed by atoms with Crippen LogP contribution in [0, 0.1) is 13.8 Å². The molecule has 2 rings (SSSR count). The second-order valence-electron chi connectivity index (χ2n) is 5.31. The summed E-state index contributed by atoms with van der Waals surface area (Å²) in [7, 11) is 1.26.